The first-order chi connectivity index (χ1) is 9.56. The highest BCUT2D eigenvalue weighted by molar-refractivity contribution is 5.97. The third-order valence-electron chi connectivity index (χ3n) is 3.48. The van der Waals surface area contributed by atoms with E-state index in [0.717, 1.165) is 31.6 Å². The van der Waals surface area contributed by atoms with E-state index in [2.05, 4.69) is 5.32 Å². The van der Waals surface area contributed by atoms with E-state index in [9.17, 15) is 9.59 Å². The predicted molar refractivity (Wildman–Crippen MR) is 74.0 cm³/mol. The zero-order valence-corrected chi connectivity index (χ0v) is 11.5. The first kappa shape index (κ1) is 14.5. The van der Waals surface area contributed by atoms with Crippen molar-refractivity contribution in [3.05, 3.63) is 34.9 Å². The van der Waals surface area contributed by atoms with Gasteiger partial charge in [0.1, 0.15) is 0 Å². The number of carboxylic acids is 1. The highest BCUT2D eigenvalue weighted by atomic mass is 16.5. The third kappa shape index (κ3) is 3.81. The number of rotatable bonds is 4. The van der Waals surface area contributed by atoms with Crippen LogP contribution in [0.25, 0.3) is 0 Å². The fourth-order valence-electron chi connectivity index (χ4n) is 2.33. The molecule has 108 valence electrons. The van der Waals surface area contributed by atoms with Gasteiger partial charge < -0.3 is 15.2 Å². The van der Waals surface area contributed by atoms with Crippen LogP contribution in [0.1, 0.15) is 39.1 Å². The third-order valence-corrected chi connectivity index (χ3v) is 3.48. The molecule has 0 aliphatic carbocycles. The lowest BCUT2D eigenvalue weighted by Gasteiger charge is -2.22. The van der Waals surface area contributed by atoms with Crippen LogP contribution in [0.5, 0.6) is 0 Å². The molecule has 0 saturated carbocycles. The normalized spacial score (nSPS) is 15.8. The number of carboxylic acid groups (broad SMARTS) is 1. The summed E-state index contributed by atoms with van der Waals surface area (Å²) in [6.45, 7) is 3.88. The summed E-state index contributed by atoms with van der Waals surface area (Å²) in [5, 5.41) is 11.9. The Labute approximate surface area is 117 Å². The molecule has 0 atom stereocenters. The molecule has 0 bridgehead atoms. The highest BCUT2D eigenvalue weighted by Crippen LogP contribution is 2.14. The summed E-state index contributed by atoms with van der Waals surface area (Å²) in [6, 6.07) is 4.66. The Balaban J connectivity index is 1.99. The van der Waals surface area contributed by atoms with Crippen molar-refractivity contribution in [3.63, 3.8) is 0 Å². The molecule has 0 radical (unpaired) electrons. The Bertz CT molecular complexity index is 507. The molecule has 1 aromatic carbocycles. The summed E-state index contributed by atoms with van der Waals surface area (Å²) in [4.78, 5) is 23.1. The van der Waals surface area contributed by atoms with Crippen molar-refractivity contribution in [1.82, 2.24) is 5.32 Å². The van der Waals surface area contributed by atoms with E-state index in [1.165, 1.54) is 6.07 Å². The van der Waals surface area contributed by atoms with Crippen LogP contribution in [0.4, 0.5) is 0 Å². The lowest BCUT2D eigenvalue weighted by atomic mass is 10.00. The van der Waals surface area contributed by atoms with Gasteiger partial charge in [-0.1, -0.05) is 0 Å². The van der Waals surface area contributed by atoms with Crippen molar-refractivity contribution >= 4 is 11.9 Å². The van der Waals surface area contributed by atoms with Gasteiger partial charge in [-0.15, -0.1) is 0 Å². The van der Waals surface area contributed by atoms with Gasteiger partial charge in [-0.05, 0) is 49.4 Å². The van der Waals surface area contributed by atoms with Crippen molar-refractivity contribution in [1.29, 1.82) is 0 Å². The number of amides is 1. The number of hydrogen-bond acceptors (Lipinski definition) is 3. The predicted octanol–water partition coefficient (Wildman–Crippen LogP) is 1.85. The van der Waals surface area contributed by atoms with Gasteiger partial charge in [0.15, 0.2) is 0 Å². The molecule has 2 N–H and O–H groups in total. The van der Waals surface area contributed by atoms with Crippen LogP contribution < -0.4 is 5.32 Å². The maximum Gasteiger partial charge on any atom is 0.335 e. The van der Waals surface area contributed by atoms with Crippen LogP contribution in [-0.2, 0) is 4.74 Å². The van der Waals surface area contributed by atoms with E-state index in [4.69, 9.17) is 9.84 Å². The molecule has 0 unspecified atom stereocenters. The van der Waals surface area contributed by atoms with Crippen molar-refractivity contribution in [2.75, 3.05) is 19.8 Å². The largest absolute Gasteiger partial charge is 0.478 e. The zero-order valence-electron chi connectivity index (χ0n) is 11.5. The molecule has 1 aromatic rings. The van der Waals surface area contributed by atoms with Crippen molar-refractivity contribution in [2.24, 2.45) is 5.92 Å². The van der Waals surface area contributed by atoms with Crippen LogP contribution in [0.2, 0.25) is 0 Å². The second-order valence-electron chi connectivity index (χ2n) is 5.16. The van der Waals surface area contributed by atoms with Crippen LogP contribution in [0.15, 0.2) is 18.2 Å². The standard InChI is InChI=1S/C15H19NO4/c1-10-6-12(8-13(7-10)15(18)19)14(17)16-9-11-2-4-20-5-3-11/h6-8,11H,2-5,9H2,1H3,(H,16,17)(H,18,19). The monoisotopic (exact) mass is 277 g/mol. The number of carbonyl (C=O) groups is 2. The van der Waals surface area contributed by atoms with Gasteiger partial charge in [0, 0.05) is 25.3 Å². The Hall–Kier alpha value is -1.88. The second kappa shape index (κ2) is 6.52. The summed E-state index contributed by atoms with van der Waals surface area (Å²) >= 11 is 0. The molecule has 1 aliphatic heterocycles. The summed E-state index contributed by atoms with van der Waals surface area (Å²) in [6.07, 6.45) is 1.91. The lowest BCUT2D eigenvalue weighted by molar-refractivity contribution is 0.0642. The van der Waals surface area contributed by atoms with Gasteiger partial charge in [-0.2, -0.15) is 0 Å². The Morgan fingerprint density at radius 3 is 2.55 bits per heavy atom. The van der Waals surface area contributed by atoms with Crippen LogP contribution >= 0.6 is 0 Å². The van der Waals surface area contributed by atoms with E-state index < -0.39 is 5.97 Å². The lowest BCUT2D eigenvalue weighted by Crippen LogP contribution is -2.32. The van der Waals surface area contributed by atoms with E-state index in [1.807, 2.05) is 0 Å². The topological polar surface area (TPSA) is 75.6 Å². The maximum atomic E-state index is 12.1. The number of aryl methyl sites for hydroxylation is 1. The Morgan fingerprint density at radius 1 is 1.25 bits per heavy atom. The smallest absolute Gasteiger partial charge is 0.335 e. The molecule has 0 spiro atoms. The number of aromatic carboxylic acids is 1. The van der Waals surface area contributed by atoms with Crippen LogP contribution in [-0.4, -0.2) is 36.7 Å². The van der Waals surface area contributed by atoms with Gasteiger partial charge in [0.25, 0.3) is 5.91 Å². The van der Waals surface area contributed by atoms with Gasteiger partial charge in [-0.25, -0.2) is 4.79 Å². The molecule has 5 nitrogen and oxygen atoms in total. The van der Waals surface area contributed by atoms with Gasteiger partial charge >= 0.3 is 5.97 Å². The molecule has 5 heteroatoms. The maximum absolute atomic E-state index is 12.1. The SMILES string of the molecule is Cc1cc(C(=O)O)cc(C(=O)NCC2CCOCC2)c1. The van der Waals surface area contributed by atoms with Crippen LogP contribution in [0, 0.1) is 12.8 Å². The van der Waals surface area contributed by atoms with E-state index in [0.29, 0.717) is 18.0 Å². The average Bonchev–Trinajstić information content (AvgIpc) is 2.45. The van der Waals surface area contributed by atoms with E-state index in [-0.39, 0.29) is 11.5 Å². The Kier molecular flexibility index (Phi) is 4.74. The molecule has 20 heavy (non-hydrogen) atoms. The van der Waals surface area contributed by atoms with E-state index >= 15 is 0 Å². The molecule has 1 aliphatic rings. The van der Waals surface area contributed by atoms with Gasteiger partial charge in [0.2, 0.25) is 0 Å². The fourth-order valence-corrected chi connectivity index (χ4v) is 2.33. The average molecular weight is 277 g/mol. The Morgan fingerprint density at radius 2 is 1.90 bits per heavy atom. The first-order valence-electron chi connectivity index (χ1n) is 6.77. The van der Waals surface area contributed by atoms with Crippen LogP contribution in [0.3, 0.4) is 0 Å². The fraction of sp³-hybridized carbons (Fsp3) is 0.467. The number of benzene rings is 1. The van der Waals surface area contributed by atoms with Gasteiger partial charge in [-0.3, -0.25) is 4.79 Å². The van der Waals surface area contributed by atoms with Crippen molar-refractivity contribution in [2.45, 2.75) is 19.8 Å². The molecular weight excluding hydrogens is 258 g/mol. The minimum atomic E-state index is -1.02. The summed E-state index contributed by atoms with van der Waals surface area (Å²) in [5.74, 6) is -0.800. The molecule has 1 saturated heterocycles. The van der Waals surface area contributed by atoms with Gasteiger partial charge in [0.05, 0.1) is 5.56 Å². The molecular formula is C15H19NO4. The summed E-state index contributed by atoms with van der Waals surface area (Å²) < 4.78 is 5.27. The molecule has 1 fully saturated rings. The molecule has 1 amide bonds. The number of nitrogens with one attached hydrogen (secondary N) is 1. The minimum absolute atomic E-state index is 0.140. The molecule has 0 aromatic heterocycles. The van der Waals surface area contributed by atoms with E-state index in [1.54, 1.807) is 19.1 Å². The first-order valence-corrected chi connectivity index (χ1v) is 6.77. The quantitative estimate of drug-likeness (QED) is 0.880. The summed E-state index contributed by atoms with van der Waals surface area (Å²) in [7, 11) is 0. The number of carbonyl (C=O) groups excluding carboxylic acids is 1. The number of ether oxygens (including phenoxy) is 1. The molecule has 2 rings (SSSR count). The number of hydrogen-bond donors (Lipinski definition) is 2. The summed E-state index contributed by atoms with van der Waals surface area (Å²) in [5.41, 5.74) is 1.30. The highest BCUT2D eigenvalue weighted by Gasteiger charge is 2.16. The van der Waals surface area contributed by atoms with Crippen molar-refractivity contribution in [3.8, 4) is 0 Å². The molecule has 1 heterocycles. The zero-order chi connectivity index (χ0) is 14.5. The minimum Gasteiger partial charge on any atom is -0.478 e. The second-order valence-corrected chi connectivity index (χ2v) is 5.16. The van der Waals surface area contributed by atoms with Crippen molar-refractivity contribution < 1.29 is 19.4 Å².